The highest BCUT2D eigenvalue weighted by Crippen LogP contribution is 2.28. The van der Waals surface area contributed by atoms with Crippen LogP contribution in [0.4, 0.5) is 26.1 Å². The summed E-state index contributed by atoms with van der Waals surface area (Å²) in [5.41, 5.74) is 5.89. The van der Waals surface area contributed by atoms with Crippen LogP contribution >= 0.6 is 0 Å². The summed E-state index contributed by atoms with van der Waals surface area (Å²) in [6, 6.07) is 26.7. The van der Waals surface area contributed by atoms with Gasteiger partial charge in [-0.05, 0) is 151 Å². The van der Waals surface area contributed by atoms with Crippen LogP contribution in [-0.4, -0.2) is 75.3 Å². The quantitative estimate of drug-likeness (QED) is 0.132. The first-order chi connectivity index (χ1) is 30.0. The average molecular weight is 855 g/mol. The lowest BCUT2D eigenvalue weighted by Gasteiger charge is -2.31. The van der Waals surface area contributed by atoms with Crippen LogP contribution in [-0.2, 0) is 25.9 Å². The van der Waals surface area contributed by atoms with Gasteiger partial charge >= 0.3 is 0 Å². The third-order valence-corrected chi connectivity index (χ3v) is 10.5. The third-order valence-electron chi connectivity index (χ3n) is 10.5. The molecule has 9 rings (SSSR count). The van der Waals surface area contributed by atoms with Crippen molar-refractivity contribution in [3.63, 3.8) is 0 Å². The van der Waals surface area contributed by atoms with Crippen LogP contribution in [0.1, 0.15) is 90.2 Å². The maximum absolute atomic E-state index is 14.9. The summed E-state index contributed by atoms with van der Waals surface area (Å²) in [6.07, 6.45) is 1.47. The second-order valence-electron chi connectivity index (χ2n) is 15.4. The topological polar surface area (TPSA) is 186 Å². The Labute approximate surface area is 363 Å². The zero-order valence-electron chi connectivity index (χ0n) is 34.5. The number of hydrogen-bond acceptors (Lipinski definition) is 12. The van der Waals surface area contributed by atoms with Crippen molar-refractivity contribution in [2.24, 2.45) is 0 Å². The minimum absolute atomic E-state index is 0. The van der Waals surface area contributed by atoms with E-state index in [1.807, 2.05) is 45.9 Å². The lowest BCUT2D eigenvalue weighted by molar-refractivity contribution is 0.101. The van der Waals surface area contributed by atoms with E-state index in [9.17, 15) is 18.4 Å². The van der Waals surface area contributed by atoms with E-state index in [0.29, 0.717) is 47.8 Å². The number of carbonyl (C=O) groups excluding carboxylic acids is 2. The molecule has 0 saturated heterocycles. The van der Waals surface area contributed by atoms with Gasteiger partial charge in [0.1, 0.15) is 34.7 Å². The number of hydrogen-bond donors (Lipinski definition) is 3. The molecular formula is C45H48F2N14O2. The monoisotopic (exact) mass is 854 g/mol. The van der Waals surface area contributed by atoms with Gasteiger partial charge < -0.3 is 20.9 Å². The maximum atomic E-state index is 14.9. The lowest BCUT2D eigenvalue weighted by atomic mass is 9.96. The van der Waals surface area contributed by atoms with Crippen molar-refractivity contribution >= 4 is 29.1 Å². The third kappa shape index (κ3) is 9.75. The molecule has 4 aromatic heterocycles. The molecular weight excluding hydrogens is 807 g/mol. The number of carbonyl (C=O) groups is 2. The molecule has 2 aliphatic heterocycles. The van der Waals surface area contributed by atoms with Crippen LogP contribution in [0.15, 0.2) is 91.0 Å². The van der Waals surface area contributed by atoms with Crippen LogP contribution < -0.4 is 20.9 Å². The summed E-state index contributed by atoms with van der Waals surface area (Å²) in [7, 11) is 0. The molecule has 0 aliphatic carbocycles. The Bertz CT molecular complexity index is 2740. The minimum atomic E-state index is -0.551. The summed E-state index contributed by atoms with van der Waals surface area (Å²) in [5, 5.41) is 32.0. The molecule has 63 heavy (non-hydrogen) atoms. The molecule has 0 saturated carbocycles. The number of tetrazole rings is 2. The fourth-order valence-electron chi connectivity index (χ4n) is 7.33. The van der Waals surface area contributed by atoms with Crippen LogP contribution in [0, 0.1) is 11.6 Å². The van der Waals surface area contributed by atoms with Crippen molar-refractivity contribution in [1.82, 2.24) is 55.7 Å². The molecule has 0 spiro atoms. The van der Waals surface area contributed by atoms with Gasteiger partial charge in [-0.3, -0.25) is 9.59 Å². The van der Waals surface area contributed by atoms with E-state index < -0.39 is 23.4 Å². The van der Waals surface area contributed by atoms with Gasteiger partial charge in [0.15, 0.2) is 0 Å². The number of anilines is 3. The molecule has 2 amide bonds. The number of halogens is 2. The number of aromatic nitrogens is 10. The number of fused-ring (bicyclic) bond motifs is 2. The number of nitrogens with zero attached hydrogens (tertiary/aromatic N) is 11. The Hall–Kier alpha value is -7.34. The second kappa shape index (κ2) is 19.1. The summed E-state index contributed by atoms with van der Waals surface area (Å²) < 4.78 is 32.6. The number of pyridine rings is 2. The van der Waals surface area contributed by atoms with E-state index in [4.69, 9.17) is 0 Å². The molecule has 0 unspecified atom stereocenters. The van der Waals surface area contributed by atoms with Gasteiger partial charge in [0.05, 0.1) is 23.2 Å². The zero-order valence-corrected chi connectivity index (χ0v) is 34.5. The molecule has 324 valence electrons. The molecule has 16 nitrogen and oxygen atoms in total. The molecule has 3 N–H and O–H groups in total. The van der Waals surface area contributed by atoms with Crippen LogP contribution in [0.3, 0.4) is 0 Å². The van der Waals surface area contributed by atoms with Crippen molar-refractivity contribution < 1.29 is 18.4 Å². The second-order valence-corrected chi connectivity index (χ2v) is 15.4. The Morgan fingerprint density at radius 1 is 0.651 bits per heavy atom. The zero-order chi connectivity index (χ0) is 43.3. The number of para-hydroxylation sites is 1. The number of amides is 2. The molecule has 0 radical (unpaired) electrons. The van der Waals surface area contributed by atoms with E-state index in [1.165, 1.54) is 12.1 Å². The van der Waals surface area contributed by atoms with Gasteiger partial charge in [-0.1, -0.05) is 37.8 Å². The van der Waals surface area contributed by atoms with Crippen molar-refractivity contribution in [3.05, 3.63) is 136 Å². The molecule has 3 aromatic carbocycles. The molecule has 0 bridgehead atoms. The van der Waals surface area contributed by atoms with E-state index in [-0.39, 0.29) is 30.6 Å². The van der Waals surface area contributed by atoms with Crippen molar-refractivity contribution in [1.29, 1.82) is 0 Å². The Morgan fingerprint density at radius 3 is 1.71 bits per heavy atom. The predicted molar refractivity (Wildman–Crippen MR) is 235 cm³/mol. The fourth-order valence-corrected chi connectivity index (χ4v) is 7.33. The Balaban J connectivity index is 0.000000189. The molecule has 2 aliphatic rings. The van der Waals surface area contributed by atoms with Gasteiger partial charge in [0.2, 0.25) is 11.6 Å². The van der Waals surface area contributed by atoms with Crippen LogP contribution in [0.2, 0.25) is 0 Å². The standard InChI is InChI=1S/C25H24FN7O.C19H20FN7O.CH4/c1-16(2)33-24(29-30-31-33)22-9-6-10-23(27-22)28-25(34)20-13-18-15-32(19-7-4-3-5-8-19)12-11-17(18)14-21(20)26;1-11(2)27-18(24-25-26-27)16-4-3-5-17(22-16)23-19(28)14-8-13-10-21-7-6-12(13)9-15(14)20;/h3-10,13-14,16H,11-12,15H2,1-2H3,(H,27,28,34);3-5,8-9,11,21H,6-7,10H2,1-2H3,(H,22,23,28);1H4. The first-order valence-corrected chi connectivity index (χ1v) is 20.3. The highest BCUT2D eigenvalue weighted by atomic mass is 19.1. The van der Waals surface area contributed by atoms with Gasteiger partial charge in [0.25, 0.3) is 11.8 Å². The van der Waals surface area contributed by atoms with Crippen LogP contribution in [0.25, 0.3) is 23.0 Å². The smallest absolute Gasteiger partial charge is 0.259 e. The molecule has 18 heteroatoms. The Morgan fingerprint density at radius 2 is 1.17 bits per heavy atom. The first kappa shape index (κ1) is 43.7. The van der Waals surface area contributed by atoms with Crippen molar-refractivity contribution in [2.75, 3.05) is 28.6 Å². The first-order valence-electron chi connectivity index (χ1n) is 20.3. The summed E-state index contributed by atoms with van der Waals surface area (Å²) in [6.45, 7) is 10.7. The van der Waals surface area contributed by atoms with Gasteiger partial charge in [-0.2, -0.15) is 0 Å². The van der Waals surface area contributed by atoms with E-state index in [0.717, 1.165) is 53.9 Å². The highest BCUT2D eigenvalue weighted by molar-refractivity contribution is 6.05. The lowest BCUT2D eigenvalue weighted by Crippen LogP contribution is -2.31. The normalized spacial score (nSPS) is 13.0. The highest BCUT2D eigenvalue weighted by Gasteiger charge is 2.23. The Kier molecular flexibility index (Phi) is 13.3. The van der Waals surface area contributed by atoms with Crippen molar-refractivity contribution in [3.8, 4) is 23.0 Å². The molecule has 7 aromatic rings. The predicted octanol–water partition coefficient (Wildman–Crippen LogP) is 7.26. The molecule has 0 atom stereocenters. The van der Waals surface area contributed by atoms with E-state index in [2.05, 4.69) is 74.0 Å². The van der Waals surface area contributed by atoms with Crippen LogP contribution in [0.5, 0.6) is 0 Å². The van der Waals surface area contributed by atoms with Crippen molar-refractivity contribution in [2.45, 2.75) is 73.1 Å². The number of benzene rings is 3. The summed E-state index contributed by atoms with van der Waals surface area (Å²) in [5.74, 6) is -0.573. The van der Waals surface area contributed by atoms with Gasteiger partial charge in [-0.15, -0.1) is 10.2 Å². The average Bonchev–Trinajstić information content (AvgIpc) is 3.99. The molecule has 6 heterocycles. The van der Waals surface area contributed by atoms with E-state index in [1.54, 1.807) is 57.9 Å². The summed E-state index contributed by atoms with van der Waals surface area (Å²) >= 11 is 0. The number of nitrogens with one attached hydrogen (secondary N) is 3. The largest absolute Gasteiger partial charge is 0.367 e. The minimum Gasteiger partial charge on any atom is -0.367 e. The maximum Gasteiger partial charge on any atom is 0.259 e. The van der Waals surface area contributed by atoms with Gasteiger partial charge in [0, 0.05) is 25.3 Å². The number of rotatable bonds is 9. The summed E-state index contributed by atoms with van der Waals surface area (Å²) in [4.78, 5) is 36.7. The SMILES string of the molecule is C.CC(C)n1nnnc1-c1cccc(NC(=O)c2cc3c(cc2F)CCN(c2ccccc2)C3)n1.CC(C)n1nnnc1-c1cccc(NC(=O)c2cc3c(cc2F)CCNC3)n1. The van der Waals surface area contributed by atoms with E-state index >= 15 is 0 Å². The fraction of sp³-hybridized carbons (Fsp3) is 0.289. The van der Waals surface area contributed by atoms with Gasteiger partial charge in [-0.25, -0.2) is 28.1 Å². The molecule has 0 fully saturated rings.